The van der Waals surface area contributed by atoms with Gasteiger partial charge in [-0.1, -0.05) is 0 Å². The number of carbonyl (C=O) groups excluding carboxylic acids is 2. The van der Waals surface area contributed by atoms with E-state index in [4.69, 9.17) is 4.74 Å². The molecule has 0 radical (unpaired) electrons. The van der Waals surface area contributed by atoms with Crippen molar-refractivity contribution in [3.8, 4) is 0 Å². The largest absolute Gasteiger partial charge is 0.451 e. The molecule has 1 atom stereocenters. The first-order valence-corrected chi connectivity index (χ1v) is 10.3. The van der Waals surface area contributed by atoms with E-state index in [-0.39, 0.29) is 24.0 Å². The molecule has 4 aliphatic carbocycles. The van der Waals surface area contributed by atoms with Crippen molar-refractivity contribution < 1.29 is 14.3 Å². The summed E-state index contributed by atoms with van der Waals surface area (Å²) >= 11 is 1.39. The normalized spacial score (nSPS) is 33.9. The molecule has 0 aliphatic heterocycles. The molecule has 4 bridgehead atoms. The number of nitrogens with one attached hydrogen (secondary N) is 1. The van der Waals surface area contributed by atoms with Gasteiger partial charge in [-0.25, -0.2) is 4.79 Å². The Morgan fingerprint density at radius 2 is 1.80 bits per heavy atom. The first kappa shape index (κ1) is 17.1. The average Bonchev–Trinajstić information content (AvgIpc) is 2.98. The molecule has 0 spiro atoms. The number of thiophene rings is 1. The van der Waals surface area contributed by atoms with E-state index in [1.807, 2.05) is 13.0 Å². The zero-order valence-electron chi connectivity index (χ0n) is 15.0. The van der Waals surface area contributed by atoms with Crippen LogP contribution in [0.25, 0.3) is 0 Å². The molecule has 1 N–H and O–H groups in total. The molecule has 1 aromatic rings. The van der Waals surface area contributed by atoms with Crippen LogP contribution in [0.2, 0.25) is 0 Å². The minimum absolute atomic E-state index is 0.163. The third-order valence-electron chi connectivity index (χ3n) is 6.66. The molecule has 4 nitrogen and oxygen atoms in total. The fraction of sp³-hybridized carbons (Fsp3) is 0.700. The van der Waals surface area contributed by atoms with Gasteiger partial charge in [-0.3, -0.25) is 4.79 Å². The molecule has 1 heterocycles. The predicted molar refractivity (Wildman–Crippen MR) is 97.5 cm³/mol. The lowest BCUT2D eigenvalue weighted by molar-refractivity contribution is -0.128. The Labute approximate surface area is 153 Å². The van der Waals surface area contributed by atoms with Crippen LogP contribution in [0.4, 0.5) is 0 Å². The third-order valence-corrected chi connectivity index (χ3v) is 7.64. The van der Waals surface area contributed by atoms with Crippen LogP contribution < -0.4 is 5.32 Å². The van der Waals surface area contributed by atoms with Crippen LogP contribution in [0.3, 0.4) is 0 Å². The van der Waals surface area contributed by atoms with Gasteiger partial charge in [0.15, 0.2) is 6.61 Å². The quantitative estimate of drug-likeness (QED) is 0.809. The van der Waals surface area contributed by atoms with E-state index in [9.17, 15) is 9.59 Å². The molecule has 5 rings (SSSR count). The first-order valence-electron chi connectivity index (χ1n) is 9.46. The Balaban J connectivity index is 1.31. The summed E-state index contributed by atoms with van der Waals surface area (Å²) in [5, 5.41) is 3.14. The SMILES string of the molecule is Cc1ccc(C(=O)OCC(=O)N[C@H](C)C23CC4CC(CC(C4)C2)C3)s1. The minimum atomic E-state index is -0.407. The number of hydrogen-bond acceptors (Lipinski definition) is 4. The number of aryl methyl sites for hydroxylation is 1. The van der Waals surface area contributed by atoms with Crippen LogP contribution in [-0.4, -0.2) is 24.5 Å². The van der Waals surface area contributed by atoms with E-state index >= 15 is 0 Å². The highest BCUT2D eigenvalue weighted by atomic mass is 32.1. The van der Waals surface area contributed by atoms with Crippen molar-refractivity contribution in [1.82, 2.24) is 5.32 Å². The van der Waals surface area contributed by atoms with Gasteiger partial charge in [0, 0.05) is 10.9 Å². The van der Waals surface area contributed by atoms with Crippen molar-refractivity contribution in [2.75, 3.05) is 6.61 Å². The van der Waals surface area contributed by atoms with Crippen molar-refractivity contribution in [3.05, 3.63) is 21.9 Å². The second-order valence-electron chi connectivity index (χ2n) is 8.56. The summed E-state index contributed by atoms with van der Waals surface area (Å²) < 4.78 is 5.18. The number of hydrogen-bond donors (Lipinski definition) is 1. The predicted octanol–water partition coefficient (Wildman–Crippen LogP) is 3.93. The number of ether oxygens (including phenoxy) is 1. The molecule has 1 amide bonds. The van der Waals surface area contributed by atoms with Crippen LogP contribution in [0.15, 0.2) is 12.1 Å². The summed E-state index contributed by atoms with van der Waals surface area (Å²) in [4.78, 5) is 25.9. The highest BCUT2D eigenvalue weighted by molar-refractivity contribution is 7.13. The Hall–Kier alpha value is -1.36. The van der Waals surface area contributed by atoms with Gasteiger partial charge < -0.3 is 10.1 Å². The molecule has 25 heavy (non-hydrogen) atoms. The van der Waals surface area contributed by atoms with Gasteiger partial charge in [-0.05, 0) is 87.7 Å². The maximum Gasteiger partial charge on any atom is 0.348 e. The van der Waals surface area contributed by atoms with Gasteiger partial charge in [0.25, 0.3) is 5.91 Å². The van der Waals surface area contributed by atoms with Crippen LogP contribution in [0.5, 0.6) is 0 Å². The second-order valence-corrected chi connectivity index (χ2v) is 9.84. The van der Waals surface area contributed by atoms with Crippen LogP contribution in [-0.2, 0) is 9.53 Å². The lowest BCUT2D eigenvalue weighted by Crippen LogP contribution is -2.56. The highest BCUT2D eigenvalue weighted by Crippen LogP contribution is 2.61. The number of carbonyl (C=O) groups is 2. The fourth-order valence-electron chi connectivity index (χ4n) is 5.89. The van der Waals surface area contributed by atoms with Crippen molar-refractivity contribution in [2.24, 2.45) is 23.2 Å². The molecular formula is C20H27NO3S. The average molecular weight is 362 g/mol. The first-order chi connectivity index (χ1) is 11.9. The van der Waals surface area contributed by atoms with Crippen LogP contribution >= 0.6 is 11.3 Å². The lowest BCUT2D eigenvalue weighted by atomic mass is 9.48. The molecule has 5 heteroatoms. The highest BCUT2D eigenvalue weighted by Gasteiger charge is 2.53. The standard InChI is InChI=1S/C20H27NO3S/c1-12-3-4-17(25-12)19(23)24-11-18(22)21-13(2)20-8-14-5-15(9-20)7-16(6-14)10-20/h3-4,13-16H,5-11H2,1-2H3,(H,21,22)/t13-,14?,15?,16?,20?/m1/s1. The van der Waals surface area contributed by atoms with E-state index in [1.165, 1.54) is 49.9 Å². The van der Waals surface area contributed by atoms with E-state index < -0.39 is 5.97 Å². The topological polar surface area (TPSA) is 55.4 Å². The Morgan fingerprint density at radius 3 is 2.32 bits per heavy atom. The van der Waals surface area contributed by atoms with E-state index in [0.717, 1.165) is 22.6 Å². The molecular weight excluding hydrogens is 334 g/mol. The Bertz CT molecular complexity index is 645. The summed E-state index contributed by atoms with van der Waals surface area (Å²) in [5.74, 6) is 2.02. The monoisotopic (exact) mass is 361 g/mol. The van der Waals surface area contributed by atoms with Crippen molar-refractivity contribution >= 4 is 23.2 Å². The fourth-order valence-corrected chi connectivity index (χ4v) is 6.65. The zero-order chi connectivity index (χ0) is 17.6. The van der Waals surface area contributed by atoms with Crippen LogP contribution in [0, 0.1) is 30.1 Å². The Kier molecular flexibility index (Phi) is 4.38. The summed E-state index contributed by atoms with van der Waals surface area (Å²) in [6.45, 7) is 3.91. The smallest absolute Gasteiger partial charge is 0.348 e. The van der Waals surface area contributed by atoms with Gasteiger partial charge in [0.1, 0.15) is 4.88 Å². The molecule has 0 unspecified atom stereocenters. The van der Waals surface area contributed by atoms with E-state index in [0.29, 0.717) is 4.88 Å². The number of rotatable bonds is 5. The second kappa shape index (κ2) is 6.42. The Morgan fingerprint density at radius 1 is 1.20 bits per heavy atom. The van der Waals surface area contributed by atoms with Gasteiger partial charge in [-0.15, -0.1) is 11.3 Å². The lowest BCUT2D eigenvalue weighted by Gasteiger charge is -2.59. The van der Waals surface area contributed by atoms with Crippen molar-refractivity contribution in [2.45, 2.75) is 58.4 Å². The van der Waals surface area contributed by atoms with Gasteiger partial charge in [-0.2, -0.15) is 0 Å². The maximum atomic E-state index is 12.3. The summed E-state index contributed by atoms with van der Waals surface area (Å²) in [5.41, 5.74) is 0.277. The third kappa shape index (κ3) is 3.35. The molecule has 4 fully saturated rings. The maximum absolute atomic E-state index is 12.3. The number of amides is 1. The zero-order valence-corrected chi connectivity index (χ0v) is 15.9. The van der Waals surface area contributed by atoms with Gasteiger partial charge in [0.05, 0.1) is 0 Å². The molecule has 136 valence electrons. The number of esters is 1. The van der Waals surface area contributed by atoms with Crippen molar-refractivity contribution in [3.63, 3.8) is 0 Å². The summed E-state index contributed by atoms with van der Waals surface area (Å²) in [6, 6.07) is 3.80. The summed E-state index contributed by atoms with van der Waals surface area (Å²) in [6.07, 6.45) is 7.98. The van der Waals surface area contributed by atoms with E-state index in [1.54, 1.807) is 6.07 Å². The molecule has 4 saturated carbocycles. The van der Waals surface area contributed by atoms with Gasteiger partial charge >= 0.3 is 5.97 Å². The van der Waals surface area contributed by atoms with Gasteiger partial charge in [0.2, 0.25) is 0 Å². The minimum Gasteiger partial charge on any atom is -0.451 e. The van der Waals surface area contributed by atoms with Crippen LogP contribution in [0.1, 0.15) is 60.0 Å². The molecule has 4 aliphatic rings. The summed E-state index contributed by atoms with van der Waals surface area (Å²) in [7, 11) is 0. The van der Waals surface area contributed by atoms with E-state index in [2.05, 4.69) is 12.2 Å². The molecule has 0 aromatic carbocycles. The molecule has 0 saturated heterocycles. The molecule has 1 aromatic heterocycles. The van der Waals surface area contributed by atoms with Crippen molar-refractivity contribution in [1.29, 1.82) is 0 Å².